The first-order chi connectivity index (χ1) is 10.5. The van der Waals surface area contributed by atoms with Gasteiger partial charge in [-0.3, -0.25) is 4.79 Å². The van der Waals surface area contributed by atoms with Crippen molar-refractivity contribution in [2.24, 2.45) is 11.3 Å². The van der Waals surface area contributed by atoms with Crippen molar-refractivity contribution in [3.05, 3.63) is 69.9 Å². The molecule has 22 heavy (non-hydrogen) atoms. The van der Waals surface area contributed by atoms with Crippen LogP contribution in [0.25, 0.3) is 0 Å². The second kappa shape index (κ2) is 6.21. The molecule has 0 aliphatic heterocycles. The summed E-state index contributed by atoms with van der Waals surface area (Å²) in [4.78, 5) is 12.5. The second-order valence-electron chi connectivity index (χ2n) is 6.91. The van der Waals surface area contributed by atoms with Crippen LogP contribution in [0.15, 0.2) is 58.8 Å². The lowest BCUT2D eigenvalue weighted by Gasteiger charge is -2.18. The smallest absolute Gasteiger partial charge is 0.163 e. The molecule has 3 rings (SSSR count). The first kappa shape index (κ1) is 15.2. The zero-order valence-electron chi connectivity index (χ0n) is 13.2. The summed E-state index contributed by atoms with van der Waals surface area (Å²) in [5.74, 6) is 0.641. The fourth-order valence-electron chi connectivity index (χ4n) is 3.44. The largest absolute Gasteiger partial charge is 0.294 e. The minimum absolute atomic E-state index is 0.201. The van der Waals surface area contributed by atoms with Gasteiger partial charge in [-0.2, -0.15) is 11.3 Å². The number of carbonyl (C=O) groups excluding carboxylic acids is 1. The number of hydrogen-bond donors (Lipinski definition) is 0. The van der Waals surface area contributed by atoms with Crippen molar-refractivity contribution in [3.8, 4) is 0 Å². The number of rotatable bonds is 5. The Morgan fingerprint density at radius 1 is 1.23 bits per heavy atom. The van der Waals surface area contributed by atoms with Crippen LogP contribution in [0.2, 0.25) is 0 Å². The van der Waals surface area contributed by atoms with Crippen LogP contribution in [0.1, 0.15) is 42.6 Å². The number of benzene rings is 1. The Kier molecular flexibility index (Phi) is 4.30. The molecule has 2 heteroatoms. The quantitative estimate of drug-likeness (QED) is 0.524. The summed E-state index contributed by atoms with van der Waals surface area (Å²) in [5.41, 5.74) is 3.84. The maximum absolute atomic E-state index is 12.5. The zero-order chi connectivity index (χ0) is 15.6. The molecule has 1 unspecified atom stereocenters. The number of hydrogen-bond acceptors (Lipinski definition) is 2. The SMILES string of the molecule is CC1(C)C=C(Cc2ccsc2)C(CC(=O)c2ccccc2)C1. The maximum Gasteiger partial charge on any atom is 0.163 e. The standard InChI is InChI=1S/C20H22OS/c1-20(2)12-17(10-15-8-9-22-14-15)18(13-20)11-19(21)16-6-4-3-5-7-16/h3-9,12,14,18H,10-11,13H2,1-2H3. The van der Waals surface area contributed by atoms with Gasteiger partial charge in [-0.05, 0) is 46.6 Å². The average Bonchev–Trinajstić information content (AvgIpc) is 3.08. The predicted octanol–water partition coefficient (Wildman–Crippen LogP) is 5.54. The molecule has 1 aliphatic rings. The minimum Gasteiger partial charge on any atom is -0.294 e. The zero-order valence-corrected chi connectivity index (χ0v) is 14.0. The Morgan fingerprint density at radius 3 is 2.68 bits per heavy atom. The molecule has 0 spiro atoms. The summed E-state index contributed by atoms with van der Waals surface area (Å²) in [7, 11) is 0. The van der Waals surface area contributed by atoms with Crippen LogP contribution >= 0.6 is 11.3 Å². The van der Waals surface area contributed by atoms with E-state index in [4.69, 9.17) is 0 Å². The highest BCUT2D eigenvalue weighted by atomic mass is 32.1. The molecule has 1 heterocycles. The molecule has 1 nitrogen and oxygen atoms in total. The Hall–Kier alpha value is -1.67. The van der Waals surface area contributed by atoms with Gasteiger partial charge in [-0.25, -0.2) is 0 Å². The molecule has 1 aromatic heterocycles. The molecule has 0 N–H and O–H groups in total. The summed E-state index contributed by atoms with van der Waals surface area (Å²) in [6, 6.07) is 11.9. The average molecular weight is 310 g/mol. The lowest BCUT2D eigenvalue weighted by atomic mass is 9.86. The monoisotopic (exact) mass is 310 g/mol. The van der Waals surface area contributed by atoms with E-state index >= 15 is 0 Å². The third-order valence-corrected chi connectivity index (χ3v) is 5.12. The summed E-state index contributed by atoms with van der Waals surface area (Å²) < 4.78 is 0. The van der Waals surface area contributed by atoms with Gasteiger partial charge in [0.1, 0.15) is 0 Å². The van der Waals surface area contributed by atoms with Gasteiger partial charge in [0.2, 0.25) is 0 Å². The lowest BCUT2D eigenvalue weighted by molar-refractivity contribution is 0.0963. The number of allylic oxidation sites excluding steroid dienone is 2. The van der Waals surface area contributed by atoms with Gasteiger partial charge in [0.05, 0.1) is 0 Å². The molecule has 114 valence electrons. The highest BCUT2D eigenvalue weighted by Gasteiger charge is 2.32. The lowest BCUT2D eigenvalue weighted by Crippen LogP contribution is -2.12. The molecule has 1 atom stereocenters. The van der Waals surface area contributed by atoms with Gasteiger partial charge >= 0.3 is 0 Å². The number of Topliss-reactive ketones (excluding diaryl/α,β-unsaturated/α-hetero) is 1. The van der Waals surface area contributed by atoms with Crippen molar-refractivity contribution in [3.63, 3.8) is 0 Å². The Morgan fingerprint density at radius 2 is 2.00 bits per heavy atom. The molecular weight excluding hydrogens is 288 g/mol. The van der Waals surface area contributed by atoms with Crippen LogP contribution in [0.3, 0.4) is 0 Å². The first-order valence-electron chi connectivity index (χ1n) is 7.84. The topological polar surface area (TPSA) is 17.1 Å². The first-order valence-corrected chi connectivity index (χ1v) is 8.79. The molecular formula is C20H22OS. The maximum atomic E-state index is 12.5. The van der Waals surface area contributed by atoms with Crippen LogP contribution in [0, 0.1) is 11.3 Å². The van der Waals surface area contributed by atoms with Gasteiger partial charge in [-0.1, -0.05) is 55.8 Å². The van der Waals surface area contributed by atoms with Crippen LogP contribution in [0.5, 0.6) is 0 Å². The van der Waals surface area contributed by atoms with Crippen molar-refractivity contribution in [2.45, 2.75) is 33.1 Å². The highest BCUT2D eigenvalue weighted by molar-refractivity contribution is 7.07. The van der Waals surface area contributed by atoms with E-state index in [2.05, 4.69) is 36.7 Å². The van der Waals surface area contributed by atoms with Crippen molar-refractivity contribution in [1.29, 1.82) is 0 Å². The molecule has 0 saturated carbocycles. The van der Waals surface area contributed by atoms with Gasteiger partial charge in [0.25, 0.3) is 0 Å². The molecule has 0 amide bonds. The summed E-state index contributed by atoms with van der Waals surface area (Å²) >= 11 is 1.74. The molecule has 1 aliphatic carbocycles. The van der Waals surface area contributed by atoms with E-state index in [-0.39, 0.29) is 11.2 Å². The fraction of sp³-hybridized carbons (Fsp3) is 0.350. The Bertz CT molecular complexity index is 665. The van der Waals surface area contributed by atoms with Gasteiger partial charge < -0.3 is 0 Å². The number of thiophene rings is 1. The molecule has 0 bridgehead atoms. The van der Waals surface area contributed by atoms with Crippen LogP contribution in [-0.4, -0.2) is 5.78 Å². The van der Waals surface area contributed by atoms with Crippen molar-refractivity contribution >= 4 is 17.1 Å². The molecule has 2 aromatic rings. The van der Waals surface area contributed by atoms with E-state index in [1.807, 2.05) is 30.3 Å². The van der Waals surface area contributed by atoms with E-state index < -0.39 is 0 Å². The van der Waals surface area contributed by atoms with E-state index in [0.29, 0.717) is 12.3 Å². The molecule has 0 radical (unpaired) electrons. The fourth-order valence-corrected chi connectivity index (χ4v) is 4.11. The van der Waals surface area contributed by atoms with Crippen LogP contribution in [-0.2, 0) is 6.42 Å². The van der Waals surface area contributed by atoms with Gasteiger partial charge in [0.15, 0.2) is 5.78 Å². The van der Waals surface area contributed by atoms with Crippen molar-refractivity contribution < 1.29 is 4.79 Å². The predicted molar refractivity (Wildman–Crippen MR) is 93.4 cm³/mol. The van der Waals surface area contributed by atoms with Crippen LogP contribution in [0.4, 0.5) is 0 Å². The van der Waals surface area contributed by atoms with Crippen molar-refractivity contribution in [1.82, 2.24) is 0 Å². The third-order valence-electron chi connectivity index (χ3n) is 4.39. The molecule has 0 fully saturated rings. The van der Waals surface area contributed by atoms with E-state index in [0.717, 1.165) is 18.4 Å². The van der Waals surface area contributed by atoms with Gasteiger partial charge in [0, 0.05) is 12.0 Å². The van der Waals surface area contributed by atoms with Crippen LogP contribution < -0.4 is 0 Å². The molecule has 0 saturated heterocycles. The summed E-state index contributed by atoms with van der Waals surface area (Å²) in [6.07, 6.45) is 5.09. The minimum atomic E-state index is 0.201. The van der Waals surface area contributed by atoms with E-state index in [1.54, 1.807) is 11.3 Å². The number of carbonyl (C=O) groups is 1. The second-order valence-corrected chi connectivity index (χ2v) is 7.69. The Balaban J connectivity index is 1.74. The summed E-state index contributed by atoms with van der Waals surface area (Å²) in [6.45, 7) is 4.54. The normalized spacial score (nSPS) is 19.9. The number of ketones is 1. The van der Waals surface area contributed by atoms with Gasteiger partial charge in [-0.15, -0.1) is 0 Å². The molecule has 1 aromatic carbocycles. The van der Waals surface area contributed by atoms with Crippen molar-refractivity contribution in [2.75, 3.05) is 0 Å². The van der Waals surface area contributed by atoms with E-state index in [9.17, 15) is 4.79 Å². The highest BCUT2D eigenvalue weighted by Crippen LogP contribution is 2.42. The Labute approximate surface area is 136 Å². The summed E-state index contributed by atoms with van der Waals surface area (Å²) in [5, 5.41) is 4.34. The van der Waals surface area contributed by atoms with E-state index in [1.165, 1.54) is 11.1 Å². The third kappa shape index (κ3) is 3.56.